The second-order valence-electron chi connectivity index (χ2n) is 7.75. The van der Waals surface area contributed by atoms with E-state index in [0.29, 0.717) is 36.4 Å². The van der Waals surface area contributed by atoms with Gasteiger partial charge in [0.2, 0.25) is 0 Å². The van der Waals surface area contributed by atoms with Gasteiger partial charge in [-0.05, 0) is 36.5 Å². The van der Waals surface area contributed by atoms with E-state index in [1.165, 1.54) is 0 Å². The first-order valence-corrected chi connectivity index (χ1v) is 11.3. The van der Waals surface area contributed by atoms with Crippen LogP contribution in [0.5, 0.6) is 0 Å². The third kappa shape index (κ3) is 10.2. The fourth-order valence-corrected chi connectivity index (χ4v) is 3.35. The summed E-state index contributed by atoms with van der Waals surface area (Å²) in [6.45, 7) is 4.31. The van der Waals surface area contributed by atoms with Gasteiger partial charge in [-0.3, -0.25) is 19.3 Å². The number of allylic oxidation sites excluding steroid dienone is 15. The van der Waals surface area contributed by atoms with E-state index < -0.39 is 0 Å². The van der Waals surface area contributed by atoms with Gasteiger partial charge in [-0.1, -0.05) is 36.5 Å². The van der Waals surface area contributed by atoms with Gasteiger partial charge in [0.05, 0.1) is 0 Å². The molecule has 0 unspecified atom stereocenters. The molecule has 0 bridgehead atoms. The molecule has 35 heavy (non-hydrogen) atoms. The predicted molar refractivity (Wildman–Crippen MR) is 135 cm³/mol. The first-order chi connectivity index (χ1) is 16.6. The van der Waals surface area contributed by atoms with Crippen molar-refractivity contribution in [3.63, 3.8) is 0 Å². The molecule has 0 aliphatic heterocycles. The van der Waals surface area contributed by atoms with Crippen molar-refractivity contribution in [2.75, 3.05) is 39.3 Å². The van der Waals surface area contributed by atoms with Gasteiger partial charge in [0, 0.05) is 112 Å². The molecule has 3 aliphatic rings. The largest absolute Gasteiger partial charge is 0.389 e. The molecule has 3 rings (SSSR count). The third-order valence-electron chi connectivity index (χ3n) is 5.25. The van der Waals surface area contributed by atoms with Crippen molar-refractivity contribution >= 4 is 17.3 Å². The van der Waals surface area contributed by atoms with E-state index >= 15 is 0 Å². The van der Waals surface area contributed by atoms with Gasteiger partial charge in [-0.15, -0.1) is 0 Å². The van der Waals surface area contributed by atoms with Crippen molar-refractivity contribution in [1.82, 2.24) is 20.9 Å². The Labute approximate surface area is 236 Å². The molecule has 0 aromatic heterocycles. The third-order valence-corrected chi connectivity index (χ3v) is 5.25. The standard InChI is InChI=1S/C27H30N4O3.Er/c32-25-10-4-1-7-22(25)19-28-13-16-31(17-14-29-20-23-8-2-5-11-26(23)33)18-15-30-21-24-9-3-6-12-27(24)34;/h1-12,19-21,28-30H,13-18H2;/b22-19-,23-20-,24-21-;. The molecular formula is C27H30ErN4O3. The quantitative estimate of drug-likeness (QED) is 0.225. The normalized spacial score (nSPS) is 19.8. The molecule has 7 nitrogen and oxygen atoms in total. The van der Waals surface area contributed by atoms with E-state index in [1.54, 1.807) is 73.3 Å². The van der Waals surface area contributed by atoms with Crippen LogP contribution in [0.2, 0.25) is 0 Å². The SMILES string of the molecule is O=C1C=CC=C/C1=C/NCCN(CCN/C=C1/C=CC=CC1=O)CCN/C=C1/C=CC=CC1=O.[Er]. The molecule has 3 N–H and O–H groups in total. The summed E-state index contributed by atoms with van der Waals surface area (Å²) in [5.41, 5.74) is 1.90. The Balaban J connectivity index is 0.00000432. The summed E-state index contributed by atoms with van der Waals surface area (Å²) >= 11 is 0. The maximum absolute atomic E-state index is 11.8. The molecule has 0 atom stereocenters. The van der Waals surface area contributed by atoms with Crippen LogP contribution < -0.4 is 16.0 Å². The molecule has 0 amide bonds. The number of hydrogen-bond acceptors (Lipinski definition) is 7. The number of carbonyl (C=O) groups is 3. The Morgan fingerprint density at radius 2 is 0.800 bits per heavy atom. The molecule has 0 heterocycles. The van der Waals surface area contributed by atoms with Crippen molar-refractivity contribution in [2.24, 2.45) is 0 Å². The summed E-state index contributed by atoms with van der Waals surface area (Å²) < 4.78 is 0. The van der Waals surface area contributed by atoms with Crippen molar-refractivity contribution in [3.8, 4) is 0 Å². The summed E-state index contributed by atoms with van der Waals surface area (Å²) in [4.78, 5) is 37.7. The first kappa shape index (κ1) is 28.5. The molecule has 3 aliphatic carbocycles. The molecule has 188 valence electrons. The fourth-order valence-electron chi connectivity index (χ4n) is 3.35. The van der Waals surface area contributed by atoms with Gasteiger partial charge in [-0.2, -0.15) is 0 Å². The molecule has 0 aromatic carbocycles. The number of rotatable bonds is 12. The van der Waals surface area contributed by atoms with Gasteiger partial charge in [0.25, 0.3) is 0 Å². The minimum absolute atomic E-state index is 0. The summed E-state index contributed by atoms with van der Waals surface area (Å²) in [6.07, 6.45) is 25.9. The number of carbonyl (C=O) groups excluding carboxylic acids is 3. The van der Waals surface area contributed by atoms with Gasteiger partial charge in [-0.25, -0.2) is 0 Å². The van der Waals surface area contributed by atoms with Crippen molar-refractivity contribution < 1.29 is 51.7 Å². The van der Waals surface area contributed by atoms with Crippen LogP contribution in [0.25, 0.3) is 0 Å². The zero-order chi connectivity index (χ0) is 24.0. The fraction of sp³-hybridized carbons (Fsp3) is 0.222. The van der Waals surface area contributed by atoms with Crippen LogP contribution in [0.1, 0.15) is 0 Å². The molecule has 0 radical (unpaired) electrons. The van der Waals surface area contributed by atoms with Crippen LogP contribution in [0.15, 0.2) is 108 Å². The van der Waals surface area contributed by atoms with E-state index in [9.17, 15) is 14.4 Å². The molecule has 0 spiro atoms. The Morgan fingerprint density at radius 1 is 0.514 bits per heavy atom. The van der Waals surface area contributed by atoms with Crippen LogP contribution in [0, 0.1) is 37.3 Å². The summed E-state index contributed by atoms with van der Waals surface area (Å²) in [7, 11) is 0. The Kier molecular flexibility index (Phi) is 13.1. The average molecular weight is 626 g/mol. The van der Waals surface area contributed by atoms with Crippen LogP contribution in [-0.4, -0.2) is 61.5 Å². The first-order valence-electron chi connectivity index (χ1n) is 11.3. The van der Waals surface area contributed by atoms with Crippen LogP contribution in [-0.2, 0) is 14.4 Å². The minimum Gasteiger partial charge on any atom is -0.389 e. The smallest absolute Gasteiger partial charge is 0.187 e. The van der Waals surface area contributed by atoms with Gasteiger partial charge in [0.1, 0.15) is 0 Å². The summed E-state index contributed by atoms with van der Waals surface area (Å²) in [6, 6.07) is 0. The van der Waals surface area contributed by atoms with E-state index in [1.807, 2.05) is 18.2 Å². The predicted octanol–water partition coefficient (Wildman–Crippen LogP) is 1.79. The molecule has 0 saturated heterocycles. The van der Waals surface area contributed by atoms with Crippen LogP contribution in [0.3, 0.4) is 0 Å². The summed E-state index contributed by atoms with van der Waals surface area (Å²) in [5, 5.41) is 9.64. The molecule has 0 fully saturated rings. The number of ketones is 3. The van der Waals surface area contributed by atoms with Crippen LogP contribution >= 0.6 is 0 Å². The van der Waals surface area contributed by atoms with Crippen molar-refractivity contribution in [1.29, 1.82) is 0 Å². The van der Waals surface area contributed by atoms with Crippen molar-refractivity contribution in [2.45, 2.75) is 0 Å². The topological polar surface area (TPSA) is 90.5 Å². The molecular weight excluding hydrogens is 596 g/mol. The molecule has 8 heteroatoms. The van der Waals surface area contributed by atoms with Crippen LogP contribution in [0.4, 0.5) is 0 Å². The Morgan fingerprint density at radius 3 is 1.09 bits per heavy atom. The molecule has 0 aromatic rings. The average Bonchev–Trinajstić information content (AvgIpc) is 2.84. The van der Waals surface area contributed by atoms with Crippen molar-refractivity contribution in [3.05, 3.63) is 108 Å². The van der Waals surface area contributed by atoms with Gasteiger partial charge in [0.15, 0.2) is 17.3 Å². The number of hydrogen-bond donors (Lipinski definition) is 3. The Bertz CT molecular complexity index is 925. The van der Waals surface area contributed by atoms with E-state index in [-0.39, 0.29) is 54.7 Å². The number of nitrogens with one attached hydrogen (secondary N) is 3. The monoisotopic (exact) mass is 624 g/mol. The number of nitrogens with zero attached hydrogens (tertiary/aromatic N) is 1. The van der Waals surface area contributed by atoms with E-state index in [0.717, 1.165) is 19.6 Å². The van der Waals surface area contributed by atoms with Gasteiger partial charge >= 0.3 is 0 Å². The van der Waals surface area contributed by atoms with E-state index in [2.05, 4.69) is 20.9 Å². The minimum atomic E-state index is -0.0105. The Hall–Kier alpha value is -2.72. The summed E-state index contributed by atoms with van der Waals surface area (Å²) in [5.74, 6) is -0.0316. The maximum Gasteiger partial charge on any atom is 0.187 e. The molecule has 0 saturated carbocycles. The maximum atomic E-state index is 11.8. The zero-order valence-corrected chi connectivity index (χ0v) is 21.2. The van der Waals surface area contributed by atoms with E-state index in [4.69, 9.17) is 0 Å². The second-order valence-corrected chi connectivity index (χ2v) is 7.75. The van der Waals surface area contributed by atoms with Gasteiger partial charge < -0.3 is 16.0 Å². The zero-order valence-electron chi connectivity index (χ0n) is 19.4. The second kappa shape index (κ2) is 16.0.